The van der Waals surface area contributed by atoms with Crippen molar-refractivity contribution in [2.75, 3.05) is 24.5 Å². The number of benzene rings is 1. The molecule has 112 valence electrons. The number of ether oxygens (including phenoxy) is 1. The zero-order valence-corrected chi connectivity index (χ0v) is 13.1. The van der Waals surface area contributed by atoms with Gasteiger partial charge in [0, 0.05) is 12.7 Å². The van der Waals surface area contributed by atoms with Gasteiger partial charge in [-0.25, -0.2) is 0 Å². The van der Waals surface area contributed by atoms with E-state index in [1.54, 1.807) is 18.9 Å². The Kier molecular flexibility index (Phi) is 6.46. The molecule has 1 aromatic rings. The fourth-order valence-corrected chi connectivity index (χ4v) is 2.45. The molecule has 0 spiro atoms. The normalized spacial score (nSPS) is 13.9. The van der Waals surface area contributed by atoms with Crippen LogP contribution < -0.4 is 4.90 Å². The molecule has 1 amide bonds. The predicted octanol–water partition coefficient (Wildman–Crippen LogP) is 2.66. The van der Waals surface area contributed by atoms with E-state index in [-0.39, 0.29) is 17.8 Å². The first kappa shape index (κ1) is 17.0. The van der Waals surface area contributed by atoms with Gasteiger partial charge in [-0.3, -0.25) is 4.79 Å². The van der Waals surface area contributed by atoms with Crippen molar-refractivity contribution in [2.45, 2.75) is 32.9 Å². The van der Waals surface area contributed by atoms with Crippen molar-refractivity contribution in [3.05, 3.63) is 29.3 Å². The summed E-state index contributed by atoms with van der Waals surface area (Å²) >= 11 is 5.73. The third-order valence-corrected chi connectivity index (χ3v) is 3.42. The van der Waals surface area contributed by atoms with Gasteiger partial charge in [-0.05, 0) is 26.3 Å². The second-order valence-electron chi connectivity index (χ2n) is 4.89. The molecular weight excluding hydrogens is 278 g/mol. The van der Waals surface area contributed by atoms with Crippen molar-refractivity contribution in [1.82, 2.24) is 0 Å². The molecule has 0 unspecified atom stereocenters. The Bertz CT molecular complexity index is 462. The Morgan fingerprint density at radius 2 is 2.10 bits per heavy atom. The van der Waals surface area contributed by atoms with Crippen LogP contribution in [0.4, 0.5) is 5.69 Å². The van der Waals surface area contributed by atoms with Crippen LogP contribution in [-0.4, -0.2) is 36.7 Å². The maximum atomic E-state index is 12.2. The average Bonchev–Trinajstić information content (AvgIpc) is 2.40. The van der Waals surface area contributed by atoms with Crippen molar-refractivity contribution < 1.29 is 14.6 Å². The van der Waals surface area contributed by atoms with Gasteiger partial charge in [0.1, 0.15) is 5.88 Å². The largest absolute Gasteiger partial charge is 0.389 e. The van der Waals surface area contributed by atoms with Gasteiger partial charge >= 0.3 is 0 Å². The van der Waals surface area contributed by atoms with Gasteiger partial charge in [0.2, 0.25) is 5.91 Å². The summed E-state index contributed by atoms with van der Waals surface area (Å²) in [5.74, 6) is -0.311. The van der Waals surface area contributed by atoms with Crippen LogP contribution in [0.15, 0.2) is 18.2 Å². The molecule has 0 saturated heterocycles. The fraction of sp³-hybridized carbons (Fsp3) is 0.533. The van der Waals surface area contributed by atoms with Crippen LogP contribution in [0.3, 0.4) is 0 Å². The van der Waals surface area contributed by atoms with E-state index in [0.29, 0.717) is 12.2 Å². The first-order chi connectivity index (χ1) is 9.43. The van der Waals surface area contributed by atoms with Gasteiger partial charge in [-0.15, -0.1) is 11.6 Å². The molecule has 0 aliphatic carbocycles. The number of rotatable bonds is 6. The first-order valence-corrected chi connectivity index (χ1v) is 7.12. The second kappa shape index (κ2) is 7.62. The molecule has 0 aliphatic rings. The summed E-state index contributed by atoms with van der Waals surface area (Å²) < 4.78 is 5.14. The van der Waals surface area contributed by atoms with Crippen molar-refractivity contribution in [3.63, 3.8) is 0 Å². The monoisotopic (exact) mass is 299 g/mol. The number of para-hydroxylation sites is 1. The lowest BCUT2D eigenvalue weighted by Crippen LogP contribution is -2.43. The molecule has 1 aromatic carbocycles. The molecule has 0 bridgehead atoms. The first-order valence-electron chi connectivity index (χ1n) is 6.58. The summed E-state index contributed by atoms with van der Waals surface area (Å²) in [7, 11) is 1.59. The number of methoxy groups -OCH3 is 1. The maximum absolute atomic E-state index is 12.2. The molecule has 0 radical (unpaired) electrons. The minimum atomic E-state index is -0.662. The Balaban J connectivity index is 3.36. The summed E-state index contributed by atoms with van der Waals surface area (Å²) in [5.41, 5.74) is 2.36. The van der Waals surface area contributed by atoms with Gasteiger partial charge in [0.15, 0.2) is 0 Å². The molecule has 4 nitrogen and oxygen atoms in total. The minimum Gasteiger partial charge on any atom is -0.389 e. The van der Waals surface area contributed by atoms with E-state index in [1.165, 1.54) is 0 Å². The van der Waals surface area contributed by atoms with Gasteiger partial charge in [-0.2, -0.15) is 0 Å². The van der Waals surface area contributed by atoms with Gasteiger partial charge < -0.3 is 14.7 Å². The lowest BCUT2D eigenvalue weighted by Gasteiger charge is -2.32. The SMILES string of the molecule is COC[C@H](C)N(C(=O)CCl)c1c(C)cccc1[C@@H](C)O. The smallest absolute Gasteiger partial charge is 0.242 e. The molecule has 20 heavy (non-hydrogen) atoms. The highest BCUT2D eigenvalue weighted by Crippen LogP contribution is 2.31. The minimum absolute atomic E-state index is 0.109. The van der Waals surface area contributed by atoms with E-state index < -0.39 is 6.10 Å². The average molecular weight is 300 g/mol. The van der Waals surface area contributed by atoms with Crippen molar-refractivity contribution >= 4 is 23.2 Å². The number of halogens is 1. The molecule has 2 atom stereocenters. The molecule has 0 heterocycles. The molecule has 0 saturated carbocycles. The van der Waals surface area contributed by atoms with Crippen LogP contribution in [0.2, 0.25) is 0 Å². The molecular formula is C15H22ClNO3. The van der Waals surface area contributed by atoms with Gasteiger partial charge in [0.05, 0.1) is 24.4 Å². The van der Waals surface area contributed by atoms with E-state index in [4.69, 9.17) is 16.3 Å². The standard InChI is InChI=1S/C15H22ClNO3/c1-10-6-5-7-13(12(3)18)15(10)17(14(19)8-16)11(2)9-20-4/h5-7,11-12,18H,8-9H2,1-4H3/t11-,12+/m0/s1. The van der Waals surface area contributed by atoms with Crippen molar-refractivity contribution in [1.29, 1.82) is 0 Å². The lowest BCUT2D eigenvalue weighted by atomic mass is 10.0. The fourth-order valence-electron chi connectivity index (χ4n) is 2.32. The Hall–Kier alpha value is -1.10. The Morgan fingerprint density at radius 3 is 2.60 bits per heavy atom. The zero-order chi connectivity index (χ0) is 15.3. The Labute approximate surface area is 125 Å². The molecule has 1 N–H and O–H groups in total. The highest BCUT2D eigenvalue weighted by Gasteiger charge is 2.26. The van der Waals surface area contributed by atoms with Crippen molar-refractivity contribution in [2.24, 2.45) is 0 Å². The lowest BCUT2D eigenvalue weighted by molar-refractivity contribution is -0.116. The summed E-state index contributed by atoms with van der Waals surface area (Å²) in [6.07, 6.45) is -0.662. The zero-order valence-electron chi connectivity index (χ0n) is 12.4. The number of aryl methyl sites for hydroxylation is 1. The highest BCUT2D eigenvalue weighted by molar-refractivity contribution is 6.29. The van der Waals surface area contributed by atoms with Crippen LogP contribution in [-0.2, 0) is 9.53 Å². The van der Waals surface area contributed by atoms with Gasteiger partial charge in [0.25, 0.3) is 0 Å². The number of anilines is 1. The van der Waals surface area contributed by atoms with Crippen LogP contribution in [0.25, 0.3) is 0 Å². The second-order valence-corrected chi connectivity index (χ2v) is 5.16. The van der Waals surface area contributed by atoms with Crippen LogP contribution in [0.5, 0.6) is 0 Å². The summed E-state index contributed by atoms with van der Waals surface area (Å²) in [5, 5.41) is 9.94. The van der Waals surface area contributed by atoms with Crippen molar-refractivity contribution in [3.8, 4) is 0 Å². The van der Waals surface area contributed by atoms with E-state index in [9.17, 15) is 9.90 Å². The number of carbonyl (C=O) groups excluding carboxylic acids is 1. The highest BCUT2D eigenvalue weighted by atomic mass is 35.5. The summed E-state index contributed by atoms with van der Waals surface area (Å²) in [4.78, 5) is 13.8. The number of hydrogen-bond acceptors (Lipinski definition) is 3. The molecule has 1 rings (SSSR count). The van der Waals surface area contributed by atoms with E-state index in [1.807, 2.05) is 32.0 Å². The van der Waals surface area contributed by atoms with Crippen LogP contribution in [0.1, 0.15) is 31.1 Å². The quantitative estimate of drug-likeness (QED) is 0.822. The number of alkyl halides is 1. The van der Waals surface area contributed by atoms with Crippen LogP contribution in [0, 0.1) is 6.92 Å². The number of hydrogen-bond donors (Lipinski definition) is 1. The molecule has 5 heteroatoms. The van der Waals surface area contributed by atoms with E-state index in [0.717, 1.165) is 11.3 Å². The Morgan fingerprint density at radius 1 is 1.45 bits per heavy atom. The third kappa shape index (κ3) is 3.72. The molecule has 0 aliphatic heterocycles. The van der Waals surface area contributed by atoms with E-state index in [2.05, 4.69) is 0 Å². The summed E-state index contributed by atoms with van der Waals surface area (Å²) in [6, 6.07) is 5.44. The third-order valence-electron chi connectivity index (χ3n) is 3.19. The predicted molar refractivity (Wildman–Crippen MR) is 81.4 cm³/mol. The number of aliphatic hydroxyl groups is 1. The van der Waals surface area contributed by atoms with E-state index >= 15 is 0 Å². The number of carbonyl (C=O) groups is 1. The maximum Gasteiger partial charge on any atom is 0.242 e. The number of aliphatic hydroxyl groups excluding tert-OH is 1. The number of amides is 1. The van der Waals surface area contributed by atoms with Gasteiger partial charge in [-0.1, -0.05) is 18.2 Å². The topological polar surface area (TPSA) is 49.8 Å². The molecule has 0 fully saturated rings. The van der Waals surface area contributed by atoms with Crippen LogP contribution >= 0.6 is 11.6 Å². The summed E-state index contributed by atoms with van der Waals surface area (Å²) in [6.45, 7) is 5.89. The molecule has 0 aromatic heterocycles. The number of nitrogens with zero attached hydrogens (tertiary/aromatic N) is 1.